The van der Waals surface area contributed by atoms with Gasteiger partial charge in [-0.05, 0) is 47.7 Å². The van der Waals surface area contributed by atoms with E-state index in [9.17, 15) is 4.79 Å². The number of hydrogen-bond acceptors (Lipinski definition) is 4. The monoisotopic (exact) mass is 419 g/mol. The second-order valence-corrected chi connectivity index (χ2v) is 6.59. The normalized spacial score (nSPS) is 25.0. The molecule has 0 bridgehead atoms. The molecule has 0 amide bonds. The number of methoxy groups -OCH3 is 1. The predicted molar refractivity (Wildman–Crippen MR) is 87.5 cm³/mol. The van der Waals surface area contributed by atoms with Crippen LogP contribution in [-0.4, -0.2) is 30.0 Å². The maximum atomic E-state index is 12.2. The Hall–Kier alpha value is -0.460. The first kappa shape index (κ1) is 16.9. The first-order valence-corrected chi connectivity index (χ1v) is 8.90. The Labute approximate surface area is 141 Å². The van der Waals surface area contributed by atoms with Crippen molar-refractivity contribution in [3.8, 4) is 0 Å². The van der Waals surface area contributed by atoms with E-state index in [-0.39, 0.29) is 11.9 Å². The van der Waals surface area contributed by atoms with E-state index in [0.29, 0.717) is 18.4 Å². The molecule has 0 fully saturated rings. The summed E-state index contributed by atoms with van der Waals surface area (Å²) in [5.41, 5.74) is 1.68. The first-order chi connectivity index (χ1) is 10.1. The van der Waals surface area contributed by atoms with Crippen LogP contribution in [0.1, 0.15) is 30.9 Å². The number of alkyl halides is 1. The lowest BCUT2D eigenvalue weighted by Gasteiger charge is -2.31. The van der Waals surface area contributed by atoms with E-state index in [0.717, 1.165) is 28.4 Å². The third kappa shape index (κ3) is 3.32. The van der Waals surface area contributed by atoms with Gasteiger partial charge in [-0.2, -0.15) is 0 Å². The zero-order chi connectivity index (χ0) is 15.5. The molecule has 4 nitrogen and oxygen atoms in total. The average Bonchev–Trinajstić information content (AvgIpc) is 2.66. The Morgan fingerprint density at radius 1 is 1.52 bits per heavy atom. The van der Waals surface area contributed by atoms with Crippen LogP contribution in [0.5, 0.6) is 0 Å². The average molecular weight is 421 g/mol. The van der Waals surface area contributed by atoms with Gasteiger partial charge in [0, 0.05) is 34.9 Å². The van der Waals surface area contributed by atoms with Gasteiger partial charge in [-0.25, -0.2) is 0 Å². The van der Waals surface area contributed by atoms with Crippen molar-refractivity contribution in [2.75, 3.05) is 19.0 Å². The molecule has 1 aromatic rings. The fourth-order valence-electron chi connectivity index (χ4n) is 2.82. The molecule has 6 heteroatoms. The number of carbonyl (C=O) groups is 1. The summed E-state index contributed by atoms with van der Waals surface area (Å²) in [4.78, 5) is 16.4. The minimum atomic E-state index is -0.451. The summed E-state index contributed by atoms with van der Waals surface area (Å²) in [6.45, 7) is 2.24. The highest BCUT2D eigenvalue weighted by molar-refractivity contribution is 9.10. The second-order valence-electron chi connectivity index (χ2n) is 5.17. The van der Waals surface area contributed by atoms with Gasteiger partial charge in [0.25, 0.3) is 0 Å². The molecular weight excluding hydrogens is 402 g/mol. The van der Waals surface area contributed by atoms with E-state index in [1.807, 2.05) is 13.1 Å². The third-order valence-electron chi connectivity index (χ3n) is 4.07. The Morgan fingerprint density at radius 3 is 2.90 bits per heavy atom. The van der Waals surface area contributed by atoms with Gasteiger partial charge >= 0.3 is 5.97 Å². The molecule has 2 atom stereocenters. The van der Waals surface area contributed by atoms with Crippen LogP contribution in [0.4, 0.5) is 0 Å². The SMILES string of the molecule is CCOC(=O)C1CCC(CBr)(OC)c2cncc(Br)c2C1. The molecular formula is C15H19Br2NO3. The summed E-state index contributed by atoms with van der Waals surface area (Å²) in [5.74, 6) is -0.271. The number of fused-ring (bicyclic) bond motifs is 1. The quantitative estimate of drug-likeness (QED) is 0.424. The van der Waals surface area contributed by atoms with Gasteiger partial charge in [0.1, 0.15) is 5.60 Å². The summed E-state index contributed by atoms with van der Waals surface area (Å²) in [5, 5.41) is 0.664. The van der Waals surface area contributed by atoms with Crippen LogP contribution in [0.15, 0.2) is 16.9 Å². The van der Waals surface area contributed by atoms with Crippen LogP contribution in [0.3, 0.4) is 0 Å². The predicted octanol–water partition coefficient (Wildman–Crippen LogP) is 3.60. The third-order valence-corrected chi connectivity index (χ3v) is 5.66. The molecule has 116 valence electrons. The van der Waals surface area contributed by atoms with Crippen LogP contribution in [0.25, 0.3) is 0 Å². The van der Waals surface area contributed by atoms with Crippen molar-refractivity contribution in [2.24, 2.45) is 5.92 Å². The van der Waals surface area contributed by atoms with Crippen LogP contribution >= 0.6 is 31.9 Å². The first-order valence-electron chi connectivity index (χ1n) is 6.98. The van der Waals surface area contributed by atoms with E-state index in [2.05, 4.69) is 36.8 Å². The second kappa shape index (κ2) is 7.20. The van der Waals surface area contributed by atoms with Crippen molar-refractivity contribution in [1.82, 2.24) is 4.98 Å². The number of hydrogen-bond donors (Lipinski definition) is 0. The molecule has 0 N–H and O–H groups in total. The Balaban J connectivity index is 2.45. The van der Waals surface area contributed by atoms with E-state index in [1.165, 1.54) is 0 Å². The maximum Gasteiger partial charge on any atom is 0.309 e. The standard InChI is InChI=1S/C15H19Br2NO3/c1-3-21-14(19)10-4-5-15(9-16,20-2)12-7-18-8-13(17)11(12)6-10/h7-8,10H,3-6,9H2,1-2H3. The summed E-state index contributed by atoms with van der Waals surface area (Å²) >= 11 is 7.12. The molecule has 0 radical (unpaired) electrons. The highest BCUT2D eigenvalue weighted by atomic mass is 79.9. The fourth-order valence-corrected chi connectivity index (χ4v) is 4.12. The summed E-state index contributed by atoms with van der Waals surface area (Å²) in [6.07, 6.45) is 5.75. The lowest BCUT2D eigenvalue weighted by molar-refractivity contribution is -0.148. The van der Waals surface area contributed by atoms with Crippen LogP contribution < -0.4 is 0 Å². The number of nitrogens with zero attached hydrogens (tertiary/aromatic N) is 1. The molecule has 0 saturated carbocycles. The van der Waals surface area contributed by atoms with Gasteiger partial charge in [0.15, 0.2) is 0 Å². The number of esters is 1. The van der Waals surface area contributed by atoms with Crippen LogP contribution in [0.2, 0.25) is 0 Å². The zero-order valence-corrected chi connectivity index (χ0v) is 15.4. The zero-order valence-electron chi connectivity index (χ0n) is 12.2. The molecule has 1 aliphatic rings. The molecule has 1 heterocycles. The minimum Gasteiger partial charge on any atom is -0.466 e. The van der Waals surface area contributed by atoms with Crippen molar-refractivity contribution >= 4 is 37.8 Å². The van der Waals surface area contributed by atoms with Gasteiger partial charge < -0.3 is 9.47 Å². The molecule has 0 aliphatic heterocycles. The van der Waals surface area contributed by atoms with Crippen molar-refractivity contribution in [1.29, 1.82) is 0 Å². The van der Waals surface area contributed by atoms with Gasteiger partial charge in [-0.3, -0.25) is 9.78 Å². The molecule has 1 aromatic heterocycles. The summed E-state index contributed by atoms with van der Waals surface area (Å²) in [7, 11) is 1.70. The Bertz CT molecular complexity index is 518. The van der Waals surface area contributed by atoms with E-state index < -0.39 is 5.60 Å². The minimum absolute atomic E-state index is 0.131. The number of carbonyl (C=O) groups excluding carboxylic acids is 1. The van der Waals surface area contributed by atoms with Gasteiger partial charge in [0.05, 0.1) is 12.5 Å². The lowest BCUT2D eigenvalue weighted by atomic mass is 9.91. The summed E-state index contributed by atoms with van der Waals surface area (Å²) < 4.78 is 11.9. The molecule has 0 saturated heterocycles. The maximum absolute atomic E-state index is 12.2. The molecule has 0 spiro atoms. The Kier molecular flexibility index (Phi) is 5.80. The smallest absolute Gasteiger partial charge is 0.309 e. The largest absolute Gasteiger partial charge is 0.466 e. The molecule has 0 aromatic carbocycles. The summed E-state index contributed by atoms with van der Waals surface area (Å²) in [6, 6.07) is 0. The highest BCUT2D eigenvalue weighted by Crippen LogP contribution is 2.42. The van der Waals surface area contributed by atoms with Crippen LogP contribution in [0, 0.1) is 5.92 Å². The Morgan fingerprint density at radius 2 is 2.29 bits per heavy atom. The number of halogens is 2. The number of pyridine rings is 1. The van der Waals surface area contributed by atoms with Crippen molar-refractivity contribution in [3.05, 3.63) is 28.0 Å². The number of ether oxygens (including phenoxy) is 2. The molecule has 2 unspecified atom stereocenters. The topological polar surface area (TPSA) is 48.4 Å². The molecule has 2 rings (SSSR count). The van der Waals surface area contributed by atoms with Crippen molar-refractivity contribution < 1.29 is 14.3 Å². The van der Waals surface area contributed by atoms with Crippen LogP contribution in [-0.2, 0) is 26.3 Å². The number of aromatic nitrogens is 1. The number of rotatable bonds is 4. The van der Waals surface area contributed by atoms with Gasteiger partial charge in [0.2, 0.25) is 0 Å². The van der Waals surface area contributed by atoms with Crippen molar-refractivity contribution in [2.45, 2.75) is 31.8 Å². The van der Waals surface area contributed by atoms with Crippen molar-refractivity contribution in [3.63, 3.8) is 0 Å². The molecule has 21 heavy (non-hydrogen) atoms. The highest BCUT2D eigenvalue weighted by Gasteiger charge is 2.39. The van der Waals surface area contributed by atoms with E-state index in [1.54, 1.807) is 13.3 Å². The fraction of sp³-hybridized carbons (Fsp3) is 0.600. The molecule has 1 aliphatic carbocycles. The van der Waals surface area contributed by atoms with Gasteiger partial charge in [-0.1, -0.05) is 15.9 Å². The van der Waals surface area contributed by atoms with Gasteiger partial charge in [-0.15, -0.1) is 0 Å². The van der Waals surface area contributed by atoms with E-state index in [4.69, 9.17) is 9.47 Å². The lowest BCUT2D eigenvalue weighted by Crippen LogP contribution is -2.31. The van der Waals surface area contributed by atoms with E-state index >= 15 is 0 Å².